The summed E-state index contributed by atoms with van der Waals surface area (Å²) in [5.74, 6) is 0.187. The first kappa shape index (κ1) is 14.5. The molecule has 0 atom stereocenters. The molecular weight excluding hydrogens is 270 g/mol. The van der Waals surface area contributed by atoms with Crippen molar-refractivity contribution in [1.29, 1.82) is 5.26 Å². The molecule has 21 heavy (non-hydrogen) atoms. The van der Waals surface area contributed by atoms with Crippen molar-refractivity contribution in [2.24, 2.45) is 5.73 Å². The van der Waals surface area contributed by atoms with Crippen molar-refractivity contribution >= 4 is 5.69 Å². The fourth-order valence-electron chi connectivity index (χ4n) is 1.79. The van der Waals surface area contributed by atoms with E-state index in [0.29, 0.717) is 5.56 Å². The summed E-state index contributed by atoms with van der Waals surface area (Å²) in [6, 6.07) is 13.4. The van der Waals surface area contributed by atoms with Gasteiger partial charge in [0.15, 0.2) is 5.75 Å². The molecule has 0 aliphatic carbocycles. The predicted octanol–water partition coefficient (Wildman–Crippen LogP) is 2.50. The predicted molar refractivity (Wildman–Crippen MR) is 76.5 cm³/mol. The summed E-state index contributed by atoms with van der Waals surface area (Å²) >= 11 is 0. The zero-order valence-corrected chi connectivity index (χ0v) is 11.2. The summed E-state index contributed by atoms with van der Waals surface area (Å²) in [4.78, 5) is 10.5. The number of nitrogens with zero attached hydrogens (tertiary/aromatic N) is 2. The van der Waals surface area contributed by atoms with Crippen LogP contribution in [-0.4, -0.2) is 4.92 Å². The van der Waals surface area contributed by atoms with Crippen LogP contribution in [0.25, 0.3) is 0 Å². The Kier molecular flexibility index (Phi) is 4.49. The summed E-state index contributed by atoms with van der Waals surface area (Å²) < 4.78 is 5.52. The van der Waals surface area contributed by atoms with Gasteiger partial charge in [-0.3, -0.25) is 10.1 Å². The van der Waals surface area contributed by atoms with Crippen molar-refractivity contribution in [3.8, 4) is 11.8 Å². The molecular formula is C15H13N3O3. The Bertz CT molecular complexity index is 690. The topological polar surface area (TPSA) is 102 Å². The van der Waals surface area contributed by atoms with Gasteiger partial charge in [-0.15, -0.1) is 0 Å². The summed E-state index contributed by atoms with van der Waals surface area (Å²) in [5, 5.41) is 19.7. The second kappa shape index (κ2) is 6.50. The first-order valence-electron chi connectivity index (χ1n) is 6.23. The smallest absolute Gasteiger partial charge is 0.310 e. The van der Waals surface area contributed by atoms with Gasteiger partial charge in [0, 0.05) is 12.6 Å². The van der Waals surface area contributed by atoms with Crippen LogP contribution in [0.1, 0.15) is 16.7 Å². The third kappa shape index (κ3) is 3.55. The molecule has 2 N–H and O–H groups in total. The van der Waals surface area contributed by atoms with Crippen LogP contribution < -0.4 is 10.5 Å². The molecule has 0 unspecified atom stereocenters. The lowest BCUT2D eigenvalue weighted by Crippen LogP contribution is -2.02. The average Bonchev–Trinajstić information content (AvgIpc) is 2.52. The second-order valence-electron chi connectivity index (χ2n) is 4.36. The van der Waals surface area contributed by atoms with Crippen molar-refractivity contribution < 1.29 is 9.66 Å². The lowest BCUT2D eigenvalue weighted by Gasteiger charge is -2.08. The van der Waals surface area contributed by atoms with Crippen LogP contribution in [0.5, 0.6) is 5.75 Å². The van der Waals surface area contributed by atoms with E-state index in [2.05, 4.69) is 0 Å². The molecule has 0 saturated heterocycles. The molecule has 0 heterocycles. The standard InChI is InChI=1S/C15H13N3O3/c16-8-11-1-3-12(4-2-11)10-21-15-7-13(9-17)5-6-14(15)18(19)20/h1-7H,9-10,17H2. The molecule has 0 saturated carbocycles. The largest absolute Gasteiger partial charge is 0.482 e. The molecule has 2 aromatic carbocycles. The SMILES string of the molecule is N#Cc1ccc(COc2cc(CN)ccc2[N+](=O)[O-])cc1. The fraction of sp³-hybridized carbons (Fsp3) is 0.133. The minimum atomic E-state index is -0.492. The normalized spacial score (nSPS) is 9.90. The average molecular weight is 283 g/mol. The molecule has 106 valence electrons. The van der Waals surface area contributed by atoms with E-state index in [9.17, 15) is 10.1 Å². The monoisotopic (exact) mass is 283 g/mol. The summed E-state index contributed by atoms with van der Waals surface area (Å²) in [6.45, 7) is 0.464. The van der Waals surface area contributed by atoms with Crippen molar-refractivity contribution in [2.45, 2.75) is 13.2 Å². The van der Waals surface area contributed by atoms with Crippen molar-refractivity contribution in [3.63, 3.8) is 0 Å². The molecule has 0 radical (unpaired) electrons. The summed E-state index contributed by atoms with van der Waals surface area (Å²) in [6.07, 6.45) is 0. The van der Waals surface area contributed by atoms with Gasteiger partial charge in [-0.25, -0.2) is 0 Å². The zero-order chi connectivity index (χ0) is 15.2. The second-order valence-corrected chi connectivity index (χ2v) is 4.36. The van der Waals surface area contributed by atoms with Crippen LogP contribution in [0.2, 0.25) is 0 Å². The molecule has 0 aliphatic rings. The molecule has 0 aromatic heterocycles. The first-order valence-corrected chi connectivity index (χ1v) is 6.23. The Labute approximate surface area is 121 Å². The van der Waals surface area contributed by atoms with Crippen molar-refractivity contribution in [3.05, 3.63) is 69.3 Å². The van der Waals surface area contributed by atoms with Gasteiger partial charge in [0.25, 0.3) is 0 Å². The van der Waals surface area contributed by atoms with Gasteiger partial charge in [-0.1, -0.05) is 18.2 Å². The number of nitro groups is 1. The van der Waals surface area contributed by atoms with E-state index in [1.165, 1.54) is 6.07 Å². The Morgan fingerprint density at radius 2 is 1.86 bits per heavy atom. The number of nitro benzene ring substituents is 1. The maximum absolute atomic E-state index is 11.0. The molecule has 0 spiro atoms. The van der Waals surface area contributed by atoms with Crippen molar-refractivity contribution in [1.82, 2.24) is 0 Å². The number of hydrogen-bond donors (Lipinski definition) is 1. The van der Waals surface area contributed by atoms with Gasteiger partial charge in [-0.05, 0) is 29.3 Å². The van der Waals surface area contributed by atoms with Crippen molar-refractivity contribution in [2.75, 3.05) is 0 Å². The van der Waals surface area contributed by atoms with E-state index in [-0.39, 0.29) is 24.6 Å². The minimum Gasteiger partial charge on any atom is -0.482 e. The summed E-state index contributed by atoms with van der Waals surface area (Å²) in [7, 11) is 0. The quantitative estimate of drug-likeness (QED) is 0.670. The third-order valence-electron chi connectivity index (χ3n) is 2.93. The number of rotatable bonds is 5. The molecule has 0 bridgehead atoms. The Morgan fingerprint density at radius 3 is 2.43 bits per heavy atom. The van der Waals surface area contributed by atoms with Gasteiger partial charge in [0.05, 0.1) is 16.6 Å². The van der Waals surface area contributed by atoms with E-state index < -0.39 is 4.92 Å². The molecule has 0 fully saturated rings. The highest BCUT2D eigenvalue weighted by molar-refractivity contribution is 5.48. The fourth-order valence-corrected chi connectivity index (χ4v) is 1.79. The molecule has 6 nitrogen and oxygen atoms in total. The van der Waals surface area contributed by atoms with E-state index in [0.717, 1.165) is 11.1 Å². The number of ether oxygens (including phenoxy) is 1. The van der Waals surface area contributed by atoms with Crippen LogP contribution in [0.15, 0.2) is 42.5 Å². The van der Waals surface area contributed by atoms with Gasteiger partial charge < -0.3 is 10.5 Å². The van der Waals surface area contributed by atoms with Crippen LogP contribution in [0.4, 0.5) is 5.69 Å². The Balaban J connectivity index is 2.17. The van der Waals surface area contributed by atoms with Gasteiger partial charge in [0.2, 0.25) is 0 Å². The summed E-state index contributed by atoms with van der Waals surface area (Å²) in [5.41, 5.74) is 7.56. The van der Waals surface area contributed by atoms with E-state index in [1.807, 2.05) is 6.07 Å². The maximum Gasteiger partial charge on any atom is 0.310 e. The van der Waals surface area contributed by atoms with Crippen LogP contribution in [0.3, 0.4) is 0 Å². The maximum atomic E-state index is 11.0. The zero-order valence-electron chi connectivity index (χ0n) is 11.2. The number of benzene rings is 2. The van der Waals surface area contributed by atoms with E-state index >= 15 is 0 Å². The van der Waals surface area contributed by atoms with Crippen LogP contribution in [-0.2, 0) is 13.2 Å². The van der Waals surface area contributed by atoms with E-state index in [4.69, 9.17) is 15.7 Å². The van der Waals surface area contributed by atoms with E-state index in [1.54, 1.807) is 36.4 Å². The molecule has 6 heteroatoms. The molecule has 0 amide bonds. The van der Waals surface area contributed by atoms with Crippen LogP contribution >= 0.6 is 0 Å². The number of hydrogen-bond acceptors (Lipinski definition) is 5. The highest BCUT2D eigenvalue weighted by Crippen LogP contribution is 2.28. The minimum absolute atomic E-state index is 0.0964. The Hall–Kier alpha value is -2.91. The molecule has 2 aromatic rings. The Morgan fingerprint density at radius 1 is 1.19 bits per heavy atom. The van der Waals surface area contributed by atoms with Crippen LogP contribution in [0, 0.1) is 21.4 Å². The number of nitriles is 1. The lowest BCUT2D eigenvalue weighted by molar-refractivity contribution is -0.386. The lowest BCUT2D eigenvalue weighted by atomic mass is 10.1. The van der Waals surface area contributed by atoms with Gasteiger partial charge in [0.1, 0.15) is 6.61 Å². The van der Waals surface area contributed by atoms with Gasteiger partial charge in [-0.2, -0.15) is 5.26 Å². The van der Waals surface area contributed by atoms with Gasteiger partial charge >= 0.3 is 5.69 Å². The first-order chi connectivity index (χ1) is 10.1. The molecule has 2 rings (SSSR count). The highest BCUT2D eigenvalue weighted by Gasteiger charge is 2.15. The highest BCUT2D eigenvalue weighted by atomic mass is 16.6. The molecule has 0 aliphatic heterocycles. The third-order valence-corrected chi connectivity index (χ3v) is 2.93. The number of nitrogens with two attached hydrogens (primary N) is 1.